The van der Waals surface area contributed by atoms with E-state index in [9.17, 15) is 14.9 Å². The number of benzene rings is 1. The van der Waals surface area contributed by atoms with E-state index in [1.165, 1.54) is 6.26 Å². The number of alkyl carbamates (subject to hydrolysis) is 1. The third-order valence-corrected chi connectivity index (χ3v) is 5.24. The zero-order valence-electron chi connectivity index (χ0n) is 18.1. The van der Waals surface area contributed by atoms with E-state index in [0.29, 0.717) is 37.8 Å². The van der Waals surface area contributed by atoms with Gasteiger partial charge in [0.05, 0.1) is 6.26 Å². The first-order valence-electron chi connectivity index (χ1n) is 10.5. The fourth-order valence-corrected chi connectivity index (χ4v) is 3.51. The van der Waals surface area contributed by atoms with Gasteiger partial charge in [-0.1, -0.05) is 30.3 Å². The molecule has 1 aromatic carbocycles. The fraction of sp³-hybridized carbons (Fsp3) is 0.304. The van der Waals surface area contributed by atoms with Gasteiger partial charge in [-0.3, -0.25) is 4.79 Å². The first-order chi connectivity index (χ1) is 16.0. The number of aromatic nitrogens is 1. The van der Waals surface area contributed by atoms with E-state index >= 15 is 0 Å². The minimum Gasteiger partial charge on any atom is -0.459 e. The molecule has 1 N–H and O–H groups in total. The average molecular weight is 449 g/mol. The van der Waals surface area contributed by atoms with Crippen LogP contribution in [0.15, 0.2) is 57.6 Å². The molecule has 0 radical (unpaired) electrons. The van der Waals surface area contributed by atoms with E-state index in [0.717, 1.165) is 5.56 Å². The van der Waals surface area contributed by atoms with Crippen LogP contribution in [-0.2, 0) is 16.1 Å². The van der Waals surface area contributed by atoms with Crippen LogP contribution >= 0.6 is 0 Å². The number of hydrogen-bond donors (Lipinski definition) is 1. The number of nitrogens with one attached hydrogen (secondary N) is 1. The molecule has 33 heavy (non-hydrogen) atoms. The van der Waals surface area contributed by atoms with Crippen LogP contribution in [-0.4, -0.2) is 54.1 Å². The zero-order chi connectivity index (χ0) is 23.2. The molecule has 0 bridgehead atoms. The topological polar surface area (TPSA) is 125 Å². The third kappa shape index (κ3) is 5.15. The molecule has 1 saturated heterocycles. The third-order valence-electron chi connectivity index (χ3n) is 5.24. The van der Waals surface area contributed by atoms with Gasteiger partial charge in [0.1, 0.15) is 18.7 Å². The normalized spacial score (nSPS) is 14.4. The quantitative estimate of drug-likeness (QED) is 0.609. The molecule has 1 aliphatic heterocycles. The number of nitrogens with zero attached hydrogens (tertiary/aromatic N) is 4. The van der Waals surface area contributed by atoms with Crippen molar-refractivity contribution in [2.24, 2.45) is 0 Å². The minimum absolute atomic E-state index is 0.130. The van der Waals surface area contributed by atoms with Crippen molar-refractivity contribution in [1.29, 1.82) is 5.26 Å². The summed E-state index contributed by atoms with van der Waals surface area (Å²) in [4.78, 5) is 32.5. The van der Waals surface area contributed by atoms with Crippen LogP contribution in [0.3, 0.4) is 0 Å². The van der Waals surface area contributed by atoms with Gasteiger partial charge in [0.2, 0.25) is 17.5 Å². The number of nitriles is 1. The monoisotopic (exact) mass is 449 g/mol. The van der Waals surface area contributed by atoms with Crippen LogP contribution in [0.25, 0.3) is 11.7 Å². The van der Waals surface area contributed by atoms with E-state index in [4.69, 9.17) is 13.6 Å². The molecule has 0 spiro atoms. The lowest BCUT2D eigenvalue weighted by Crippen LogP contribution is -2.54. The van der Waals surface area contributed by atoms with E-state index in [1.807, 2.05) is 41.3 Å². The number of carbonyl (C=O) groups excluding carboxylic acids is 2. The molecule has 1 fully saturated rings. The van der Waals surface area contributed by atoms with Gasteiger partial charge in [0, 0.05) is 26.2 Å². The van der Waals surface area contributed by atoms with Crippen molar-refractivity contribution in [3.8, 4) is 17.7 Å². The molecule has 1 aliphatic rings. The summed E-state index contributed by atoms with van der Waals surface area (Å²) in [6, 6.07) is 14.0. The standard InChI is InChI=1S/C23H23N5O5/c1-16(25-23(30)32-15-17-6-3-2-4-7-17)21(29)27-9-11-28(12-10-27)22-18(14-24)26-20(33-22)19-8-5-13-31-19/h2-8,13,16H,9-12,15H2,1H3,(H,25,30)/t16-/m0/s1. The summed E-state index contributed by atoms with van der Waals surface area (Å²) in [7, 11) is 0. The molecule has 3 heterocycles. The van der Waals surface area contributed by atoms with Gasteiger partial charge in [-0.25, -0.2) is 4.79 Å². The Hall–Kier alpha value is -4.26. The number of carbonyl (C=O) groups is 2. The van der Waals surface area contributed by atoms with Crippen LogP contribution in [0, 0.1) is 11.3 Å². The largest absolute Gasteiger partial charge is 0.459 e. The van der Waals surface area contributed by atoms with Gasteiger partial charge in [-0.15, -0.1) is 0 Å². The Morgan fingerprint density at radius 2 is 1.94 bits per heavy atom. The molecule has 3 aromatic rings. The van der Waals surface area contributed by atoms with Gasteiger partial charge in [-0.2, -0.15) is 10.2 Å². The SMILES string of the molecule is C[C@H](NC(=O)OCc1ccccc1)C(=O)N1CCN(c2oc(-c3ccco3)nc2C#N)CC1. The van der Waals surface area contributed by atoms with Crippen molar-refractivity contribution in [1.82, 2.24) is 15.2 Å². The highest BCUT2D eigenvalue weighted by atomic mass is 16.5. The van der Waals surface area contributed by atoms with Crippen molar-refractivity contribution in [3.05, 3.63) is 60.0 Å². The maximum absolute atomic E-state index is 12.8. The van der Waals surface area contributed by atoms with E-state index in [-0.39, 0.29) is 24.1 Å². The summed E-state index contributed by atoms with van der Waals surface area (Å²) in [5.74, 6) is 0.815. The maximum Gasteiger partial charge on any atom is 0.408 e. The number of amides is 2. The Kier molecular flexibility index (Phi) is 6.59. The molecular weight excluding hydrogens is 426 g/mol. The first kappa shape index (κ1) is 22.0. The van der Waals surface area contributed by atoms with Crippen LogP contribution < -0.4 is 10.2 Å². The van der Waals surface area contributed by atoms with Crippen molar-refractivity contribution in [2.45, 2.75) is 19.6 Å². The highest BCUT2D eigenvalue weighted by molar-refractivity contribution is 5.85. The predicted molar refractivity (Wildman–Crippen MR) is 117 cm³/mol. The Bertz CT molecular complexity index is 1130. The highest BCUT2D eigenvalue weighted by Crippen LogP contribution is 2.29. The molecule has 4 rings (SSSR count). The Labute approximate surface area is 190 Å². The summed E-state index contributed by atoms with van der Waals surface area (Å²) in [5, 5.41) is 12.0. The number of furan rings is 1. The highest BCUT2D eigenvalue weighted by Gasteiger charge is 2.29. The molecule has 0 unspecified atom stereocenters. The van der Waals surface area contributed by atoms with E-state index in [2.05, 4.69) is 10.3 Å². The molecular formula is C23H23N5O5. The van der Waals surface area contributed by atoms with Crippen molar-refractivity contribution in [3.63, 3.8) is 0 Å². The summed E-state index contributed by atoms with van der Waals surface area (Å²) in [5.41, 5.74) is 1.03. The van der Waals surface area contributed by atoms with Gasteiger partial charge >= 0.3 is 6.09 Å². The van der Waals surface area contributed by atoms with Gasteiger partial charge < -0.3 is 28.7 Å². The lowest BCUT2D eigenvalue weighted by molar-refractivity contribution is -0.133. The zero-order valence-corrected chi connectivity index (χ0v) is 18.1. The summed E-state index contributed by atoms with van der Waals surface area (Å²) < 4.78 is 16.2. The number of oxazole rings is 1. The predicted octanol–water partition coefficient (Wildman–Crippen LogP) is 2.77. The van der Waals surface area contributed by atoms with E-state index < -0.39 is 12.1 Å². The van der Waals surface area contributed by atoms with Crippen LogP contribution in [0.5, 0.6) is 0 Å². The molecule has 170 valence electrons. The molecule has 1 atom stereocenters. The number of piperazine rings is 1. The van der Waals surface area contributed by atoms with Crippen LogP contribution in [0.1, 0.15) is 18.2 Å². The molecule has 0 saturated carbocycles. The minimum atomic E-state index is -0.731. The van der Waals surface area contributed by atoms with Crippen LogP contribution in [0.4, 0.5) is 10.7 Å². The van der Waals surface area contributed by atoms with Gasteiger partial charge in [-0.05, 0) is 24.6 Å². The second kappa shape index (κ2) is 9.91. The lowest BCUT2D eigenvalue weighted by atomic mass is 10.2. The van der Waals surface area contributed by atoms with Gasteiger partial charge in [0.15, 0.2) is 5.76 Å². The van der Waals surface area contributed by atoms with Crippen molar-refractivity contribution < 1.29 is 23.2 Å². The van der Waals surface area contributed by atoms with Gasteiger partial charge in [0.25, 0.3) is 5.89 Å². The number of anilines is 1. The molecule has 10 nitrogen and oxygen atoms in total. The van der Waals surface area contributed by atoms with Crippen LogP contribution in [0.2, 0.25) is 0 Å². The number of rotatable bonds is 6. The molecule has 0 aliphatic carbocycles. The van der Waals surface area contributed by atoms with E-state index in [1.54, 1.807) is 24.0 Å². The molecule has 10 heteroatoms. The number of hydrogen-bond acceptors (Lipinski definition) is 8. The maximum atomic E-state index is 12.8. The summed E-state index contributed by atoms with van der Waals surface area (Å²) in [6.45, 7) is 3.48. The smallest absolute Gasteiger partial charge is 0.408 e. The molecule has 2 amide bonds. The second-order valence-electron chi connectivity index (χ2n) is 7.50. The van der Waals surface area contributed by atoms with Crippen molar-refractivity contribution in [2.75, 3.05) is 31.1 Å². The summed E-state index contributed by atoms with van der Waals surface area (Å²) in [6.07, 6.45) is 0.853. The summed E-state index contributed by atoms with van der Waals surface area (Å²) >= 11 is 0. The second-order valence-corrected chi connectivity index (χ2v) is 7.50. The Morgan fingerprint density at radius 3 is 2.61 bits per heavy atom. The fourth-order valence-electron chi connectivity index (χ4n) is 3.51. The lowest BCUT2D eigenvalue weighted by Gasteiger charge is -2.35. The molecule has 2 aromatic heterocycles. The van der Waals surface area contributed by atoms with Crippen molar-refractivity contribution >= 4 is 17.9 Å². The number of ether oxygens (including phenoxy) is 1. The first-order valence-corrected chi connectivity index (χ1v) is 10.5. The average Bonchev–Trinajstić information content (AvgIpc) is 3.53. The Morgan fingerprint density at radius 1 is 1.18 bits per heavy atom. The Balaban J connectivity index is 1.29.